The van der Waals surface area contributed by atoms with E-state index in [1.165, 1.54) is 0 Å². The molecule has 2 atom stereocenters. The lowest BCUT2D eigenvalue weighted by atomic mass is 10.0. The van der Waals surface area contributed by atoms with Gasteiger partial charge in [-0.05, 0) is 30.5 Å². The fraction of sp³-hybridized carbons (Fsp3) is 0.357. The predicted octanol–water partition coefficient (Wildman–Crippen LogP) is 2.53. The SMILES string of the molecule is Cc1ccc(CN2CC3CN(C(=O)C[C@H](N)Cc4cc(F)c(F)cc4F)CCN3C2=O)cc1.O=C(O)/C=C/C(=O)O. The van der Waals surface area contributed by atoms with Crippen molar-refractivity contribution in [2.45, 2.75) is 38.4 Å². The average Bonchev–Trinajstić information content (AvgIpc) is 3.21. The van der Waals surface area contributed by atoms with Crippen LogP contribution in [0.25, 0.3) is 0 Å². The number of rotatable bonds is 8. The van der Waals surface area contributed by atoms with Crippen molar-refractivity contribution >= 4 is 23.9 Å². The Morgan fingerprint density at radius 2 is 1.59 bits per heavy atom. The van der Waals surface area contributed by atoms with Crippen molar-refractivity contribution in [3.8, 4) is 0 Å². The molecule has 4 rings (SSSR count). The second-order valence-electron chi connectivity index (χ2n) is 9.87. The summed E-state index contributed by atoms with van der Waals surface area (Å²) in [6, 6.07) is 8.44. The van der Waals surface area contributed by atoms with E-state index < -0.39 is 35.4 Å². The number of hydrogen-bond donors (Lipinski definition) is 3. The van der Waals surface area contributed by atoms with E-state index in [0.29, 0.717) is 50.9 Å². The monoisotopic (exact) mass is 576 g/mol. The second kappa shape index (κ2) is 13.8. The van der Waals surface area contributed by atoms with Gasteiger partial charge in [-0.1, -0.05) is 29.8 Å². The standard InChI is InChI=1S/C24H27F3N4O2.C4H4O4/c1-15-2-4-16(5-3-15)12-30-14-19-13-29(6-7-31(19)24(30)33)23(32)10-18(28)8-17-9-21(26)22(27)11-20(17)25;5-3(6)1-2-4(7)8/h2-5,9,11,18-19H,6-8,10,12-14,28H2,1H3;1-2H,(H,5,6)(H,7,8)/b;2-1+/t18-,19?;/m1./s1. The maximum absolute atomic E-state index is 13.9. The van der Waals surface area contributed by atoms with Crippen LogP contribution in [0.4, 0.5) is 18.0 Å². The van der Waals surface area contributed by atoms with Gasteiger partial charge in [0.1, 0.15) is 5.82 Å². The van der Waals surface area contributed by atoms with Crippen LogP contribution in [0.15, 0.2) is 48.6 Å². The summed E-state index contributed by atoms with van der Waals surface area (Å²) in [7, 11) is 0. The zero-order valence-corrected chi connectivity index (χ0v) is 22.3. The predicted molar refractivity (Wildman–Crippen MR) is 141 cm³/mol. The molecule has 2 heterocycles. The van der Waals surface area contributed by atoms with Crippen molar-refractivity contribution in [2.24, 2.45) is 5.73 Å². The van der Waals surface area contributed by atoms with Crippen molar-refractivity contribution in [1.82, 2.24) is 14.7 Å². The summed E-state index contributed by atoms with van der Waals surface area (Å²) in [4.78, 5) is 49.9. The second-order valence-corrected chi connectivity index (χ2v) is 9.87. The number of nitrogens with zero attached hydrogens (tertiary/aromatic N) is 3. The molecule has 2 aromatic rings. The molecule has 2 aliphatic rings. The summed E-state index contributed by atoms with van der Waals surface area (Å²) in [5.41, 5.74) is 8.16. The highest BCUT2D eigenvalue weighted by molar-refractivity contribution is 5.89. The number of piperazine rings is 1. The van der Waals surface area contributed by atoms with Gasteiger partial charge < -0.3 is 30.6 Å². The first kappa shape index (κ1) is 31.1. The summed E-state index contributed by atoms with van der Waals surface area (Å²) < 4.78 is 40.4. The third kappa shape index (κ3) is 8.80. The Bertz CT molecular complexity index is 1300. The van der Waals surface area contributed by atoms with E-state index in [1.54, 1.807) is 14.7 Å². The van der Waals surface area contributed by atoms with Crippen LogP contribution in [0.2, 0.25) is 0 Å². The van der Waals surface area contributed by atoms with E-state index >= 15 is 0 Å². The van der Waals surface area contributed by atoms with Gasteiger partial charge in [0.25, 0.3) is 0 Å². The lowest BCUT2D eigenvalue weighted by Crippen LogP contribution is -2.54. The molecule has 0 spiro atoms. The molecule has 0 radical (unpaired) electrons. The Morgan fingerprint density at radius 3 is 2.20 bits per heavy atom. The molecule has 2 fully saturated rings. The number of hydrogen-bond acceptors (Lipinski definition) is 5. The van der Waals surface area contributed by atoms with Gasteiger partial charge in [0, 0.05) is 63.4 Å². The Kier molecular flexibility index (Phi) is 10.5. The van der Waals surface area contributed by atoms with Crippen LogP contribution in [-0.4, -0.2) is 87.1 Å². The summed E-state index contributed by atoms with van der Waals surface area (Å²) in [5.74, 6) is -6.01. The van der Waals surface area contributed by atoms with E-state index in [1.807, 2.05) is 31.2 Å². The molecule has 4 N–H and O–H groups in total. The van der Waals surface area contributed by atoms with Gasteiger partial charge in [0.05, 0.1) is 6.04 Å². The Morgan fingerprint density at radius 1 is 0.976 bits per heavy atom. The van der Waals surface area contributed by atoms with E-state index in [-0.39, 0.29) is 36.4 Å². The number of carbonyl (C=O) groups excluding carboxylic acids is 2. The minimum atomic E-state index is -1.26. The van der Waals surface area contributed by atoms with Gasteiger partial charge in [-0.25, -0.2) is 27.6 Å². The minimum Gasteiger partial charge on any atom is -0.478 e. The van der Waals surface area contributed by atoms with Crippen molar-refractivity contribution in [1.29, 1.82) is 0 Å². The van der Waals surface area contributed by atoms with E-state index in [9.17, 15) is 32.3 Å². The number of urea groups is 1. The lowest BCUT2D eigenvalue weighted by Gasteiger charge is -2.36. The fourth-order valence-electron chi connectivity index (χ4n) is 4.62. The van der Waals surface area contributed by atoms with Gasteiger partial charge in [0.2, 0.25) is 5.91 Å². The molecule has 10 nitrogen and oxygen atoms in total. The van der Waals surface area contributed by atoms with Crippen molar-refractivity contribution < 1.29 is 42.6 Å². The molecule has 220 valence electrons. The van der Waals surface area contributed by atoms with Gasteiger partial charge in [0.15, 0.2) is 11.6 Å². The summed E-state index contributed by atoms with van der Waals surface area (Å²) in [5, 5.41) is 15.6. The number of carbonyl (C=O) groups is 4. The third-order valence-corrected chi connectivity index (χ3v) is 6.65. The number of halogens is 3. The van der Waals surface area contributed by atoms with Crippen LogP contribution < -0.4 is 5.73 Å². The first-order valence-corrected chi connectivity index (χ1v) is 12.8. The molecular weight excluding hydrogens is 545 g/mol. The third-order valence-electron chi connectivity index (χ3n) is 6.65. The van der Waals surface area contributed by atoms with Crippen molar-refractivity contribution in [3.63, 3.8) is 0 Å². The molecular formula is C28H31F3N4O6. The normalized spacial score (nSPS) is 17.2. The largest absolute Gasteiger partial charge is 0.478 e. The van der Waals surface area contributed by atoms with Gasteiger partial charge >= 0.3 is 18.0 Å². The highest BCUT2D eigenvalue weighted by atomic mass is 19.2. The van der Waals surface area contributed by atoms with E-state index in [0.717, 1.165) is 17.2 Å². The number of aryl methyl sites for hydroxylation is 1. The van der Waals surface area contributed by atoms with E-state index in [4.69, 9.17) is 15.9 Å². The number of carboxylic acids is 2. The first-order chi connectivity index (χ1) is 19.3. The molecule has 0 aliphatic carbocycles. The molecule has 2 aliphatic heterocycles. The Labute approximate surface area is 234 Å². The molecule has 13 heteroatoms. The number of nitrogens with two attached hydrogens (primary N) is 1. The summed E-state index contributed by atoms with van der Waals surface area (Å²) in [6.07, 6.45) is 0.984. The van der Waals surface area contributed by atoms with Gasteiger partial charge in [-0.3, -0.25) is 4.79 Å². The minimum absolute atomic E-state index is 0.0295. The maximum atomic E-state index is 13.9. The van der Waals surface area contributed by atoms with Crippen molar-refractivity contribution in [3.05, 3.63) is 82.7 Å². The van der Waals surface area contributed by atoms with Gasteiger partial charge in [-0.15, -0.1) is 0 Å². The first-order valence-electron chi connectivity index (χ1n) is 12.8. The molecule has 1 unspecified atom stereocenters. The van der Waals surface area contributed by atoms with Crippen molar-refractivity contribution in [2.75, 3.05) is 26.2 Å². The molecule has 0 aromatic heterocycles. The average molecular weight is 577 g/mol. The van der Waals surface area contributed by atoms with Crippen LogP contribution in [0.1, 0.15) is 23.1 Å². The lowest BCUT2D eigenvalue weighted by molar-refractivity contribution is -0.134. The molecule has 41 heavy (non-hydrogen) atoms. The molecule has 2 saturated heterocycles. The van der Waals surface area contributed by atoms with Crippen LogP contribution >= 0.6 is 0 Å². The van der Waals surface area contributed by atoms with Crippen LogP contribution in [0, 0.1) is 24.4 Å². The topological polar surface area (TPSA) is 144 Å². The highest BCUT2D eigenvalue weighted by Crippen LogP contribution is 2.23. The molecule has 0 bridgehead atoms. The van der Waals surface area contributed by atoms with Crippen LogP contribution in [0.5, 0.6) is 0 Å². The molecule has 2 aromatic carbocycles. The van der Waals surface area contributed by atoms with Gasteiger partial charge in [-0.2, -0.15) is 0 Å². The fourth-order valence-corrected chi connectivity index (χ4v) is 4.62. The zero-order chi connectivity index (χ0) is 30.3. The zero-order valence-electron chi connectivity index (χ0n) is 22.3. The summed E-state index contributed by atoms with van der Waals surface area (Å²) >= 11 is 0. The number of fused-ring (bicyclic) bond motifs is 1. The van der Waals surface area contributed by atoms with Crippen LogP contribution in [0.3, 0.4) is 0 Å². The highest BCUT2D eigenvalue weighted by Gasteiger charge is 2.41. The number of amides is 3. The quantitative estimate of drug-likeness (QED) is 0.324. The molecule has 0 saturated carbocycles. The van der Waals surface area contributed by atoms with Crippen LogP contribution in [-0.2, 0) is 27.3 Å². The summed E-state index contributed by atoms with van der Waals surface area (Å²) in [6.45, 7) is 4.30. The maximum Gasteiger partial charge on any atom is 0.328 e. The Hall–Kier alpha value is -4.39. The smallest absolute Gasteiger partial charge is 0.328 e. The molecule has 3 amide bonds. The number of carboxylic acid groups (broad SMARTS) is 2. The number of aliphatic carboxylic acids is 2. The number of benzene rings is 2. The van der Waals surface area contributed by atoms with E-state index in [2.05, 4.69) is 0 Å². The Balaban J connectivity index is 0.000000507.